The standard InChI is InChI=1S/C11H15N5/c12-4-8-2-1-3-10(8)16-11-7-14-9(5-13)6-15-11/h6-8,10H,1-4,12H2,(H,15,16). The van der Waals surface area contributed by atoms with Crippen LogP contribution in [0.3, 0.4) is 0 Å². The molecule has 0 saturated heterocycles. The Morgan fingerprint density at radius 1 is 1.44 bits per heavy atom. The largest absolute Gasteiger partial charge is 0.366 e. The van der Waals surface area contributed by atoms with Gasteiger partial charge in [-0.1, -0.05) is 6.42 Å². The Kier molecular flexibility index (Phi) is 3.32. The van der Waals surface area contributed by atoms with Gasteiger partial charge < -0.3 is 11.1 Å². The van der Waals surface area contributed by atoms with Crippen LogP contribution in [0.4, 0.5) is 5.82 Å². The number of aromatic nitrogens is 2. The second kappa shape index (κ2) is 4.90. The fourth-order valence-corrected chi connectivity index (χ4v) is 2.16. The SMILES string of the molecule is N#Cc1cnc(NC2CCCC2CN)cn1. The highest BCUT2D eigenvalue weighted by Gasteiger charge is 2.25. The van der Waals surface area contributed by atoms with E-state index in [9.17, 15) is 0 Å². The van der Waals surface area contributed by atoms with Crippen LogP contribution < -0.4 is 11.1 Å². The van der Waals surface area contributed by atoms with E-state index in [1.54, 1.807) is 6.20 Å². The van der Waals surface area contributed by atoms with Gasteiger partial charge in [-0.3, -0.25) is 0 Å². The molecule has 5 heteroatoms. The predicted molar refractivity (Wildman–Crippen MR) is 60.6 cm³/mol. The van der Waals surface area contributed by atoms with Crippen molar-refractivity contribution in [2.45, 2.75) is 25.3 Å². The van der Waals surface area contributed by atoms with Crippen LogP contribution in [0.25, 0.3) is 0 Å². The number of nitrogens with two attached hydrogens (primary N) is 1. The number of nitrogens with one attached hydrogen (secondary N) is 1. The number of nitriles is 1. The molecule has 0 amide bonds. The molecule has 0 spiro atoms. The minimum atomic E-state index is 0.340. The third-order valence-corrected chi connectivity index (χ3v) is 3.06. The van der Waals surface area contributed by atoms with Crippen LogP contribution in [0, 0.1) is 17.2 Å². The van der Waals surface area contributed by atoms with E-state index < -0.39 is 0 Å². The maximum Gasteiger partial charge on any atom is 0.158 e. The van der Waals surface area contributed by atoms with Crippen LogP contribution in [-0.2, 0) is 0 Å². The molecule has 0 aliphatic heterocycles. The summed E-state index contributed by atoms with van der Waals surface area (Å²) in [6.45, 7) is 0.710. The Morgan fingerprint density at radius 3 is 2.94 bits per heavy atom. The third kappa shape index (κ3) is 2.28. The lowest BCUT2D eigenvalue weighted by molar-refractivity contribution is 0.515. The van der Waals surface area contributed by atoms with E-state index in [1.165, 1.54) is 19.0 Å². The summed E-state index contributed by atoms with van der Waals surface area (Å²) in [5.41, 5.74) is 6.04. The summed E-state index contributed by atoms with van der Waals surface area (Å²) in [4.78, 5) is 8.12. The highest BCUT2D eigenvalue weighted by molar-refractivity contribution is 5.34. The average Bonchev–Trinajstić information content (AvgIpc) is 2.77. The molecule has 0 bridgehead atoms. The molecule has 0 aromatic carbocycles. The minimum absolute atomic E-state index is 0.340. The zero-order chi connectivity index (χ0) is 11.4. The highest BCUT2D eigenvalue weighted by atomic mass is 15.0. The first-order valence-electron chi connectivity index (χ1n) is 5.52. The molecule has 1 fully saturated rings. The first kappa shape index (κ1) is 10.8. The van der Waals surface area contributed by atoms with Crippen LogP contribution >= 0.6 is 0 Å². The topological polar surface area (TPSA) is 87.6 Å². The fourth-order valence-electron chi connectivity index (χ4n) is 2.16. The molecule has 1 aliphatic rings. The van der Waals surface area contributed by atoms with Gasteiger partial charge in [0.05, 0.1) is 12.4 Å². The molecule has 1 aromatic heterocycles. The molecule has 1 heterocycles. The predicted octanol–water partition coefficient (Wildman–Crippen LogP) is 0.888. The molecule has 2 rings (SSSR count). The fraction of sp³-hybridized carbons (Fsp3) is 0.545. The minimum Gasteiger partial charge on any atom is -0.366 e. The van der Waals surface area contributed by atoms with Gasteiger partial charge in [0.15, 0.2) is 5.69 Å². The van der Waals surface area contributed by atoms with Crippen molar-refractivity contribution in [1.82, 2.24) is 9.97 Å². The molecule has 1 aromatic rings. The maximum absolute atomic E-state index is 8.60. The summed E-state index contributed by atoms with van der Waals surface area (Å²) < 4.78 is 0. The Labute approximate surface area is 94.7 Å². The van der Waals surface area contributed by atoms with Crippen LogP contribution in [0.1, 0.15) is 25.0 Å². The highest BCUT2D eigenvalue weighted by Crippen LogP contribution is 2.26. The van der Waals surface area contributed by atoms with Crippen molar-refractivity contribution in [2.24, 2.45) is 11.7 Å². The molecule has 2 atom stereocenters. The van der Waals surface area contributed by atoms with Gasteiger partial charge in [0.2, 0.25) is 0 Å². The zero-order valence-electron chi connectivity index (χ0n) is 9.06. The Bertz CT molecular complexity index is 380. The second-order valence-electron chi connectivity index (χ2n) is 4.08. The number of hydrogen-bond acceptors (Lipinski definition) is 5. The van der Waals surface area contributed by atoms with Crippen LogP contribution in [0.5, 0.6) is 0 Å². The average molecular weight is 217 g/mol. The maximum atomic E-state index is 8.60. The lowest BCUT2D eigenvalue weighted by Gasteiger charge is -2.19. The van der Waals surface area contributed by atoms with Gasteiger partial charge >= 0.3 is 0 Å². The van der Waals surface area contributed by atoms with E-state index >= 15 is 0 Å². The molecule has 0 radical (unpaired) electrons. The van der Waals surface area contributed by atoms with Gasteiger partial charge in [-0.25, -0.2) is 9.97 Å². The summed E-state index contributed by atoms with van der Waals surface area (Å²) in [5, 5.41) is 11.9. The van der Waals surface area contributed by atoms with E-state index in [1.807, 2.05) is 6.07 Å². The van der Waals surface area contributed by atoms with Crippen LogP contribution in [0.15, 0.2) is 12.4 Å². The normalized spacial score (nSPS) is 24.0. The first-order valence-corrected chi connectivity index (χ1v) is 5.52. The molecule has 3 N–H and O–H groups in total. The molecular formula is C11H15N5. The molecule has 1 saturated carbocycles. The van der Waals surface area contributed by atoms with Gasteiger partial charge in [-0.2, -0.15) is 5.26 Å². The second-order valence-corrected chi connectivity index (χ2v) is 4.08. The van der Waals surface area contributed by atoms with Crippen molar-refractivity contribution < 1.29 is 0 Å². The van der Waals surface area contributed by atoms with Crippen molar-refractivity contribution in [2.75, 3.05) is 11.9 Å². The summed E-state index contributed by atoms with van der Waals surface area (Å²) in [6.07, 6.45) is 6.60. The van der Waals surface area contributed by atoms with Crippen molar-refractivity contribution >= 4 is 5.82 Å². The van der Waals surface area contributed by atoms with Gasteiger partial charge in [-0.15, -0.1) is 0 Å². The lowest BCUT2D eigenvalue weighted by atomic mass is 10.0. The van der Waals surface area contributed by atoms with E-state index in [-0.39, 0.29) is 0 Å². The first-order chi connectivity index (χ1) is 7.83. The molecule has 84 valence electrons. The van der Waals surface area contributed by atoms with Crippen molar-refractivity contribution in [3.63, 3.8) is 0 Å². The molecule has 2 unspecified atom stereocenters. The molecule has 5 nitrogen and oxygen atoms in total. The summed E-state index contributed by atoms with van der Waals surface area (Å²) in [5.74, 6) is 1.25. The van der Waals surface area contributed by atoms with Crippen molar-refractivity contribution in [3.05, 3.63) is 18.1 Å². The van der Waals surface area contributed by atoms with Gasteiger partial charge in [0.1, 0.15) is 11.9 Å². The monoisotopic (exact) mass is 217 g/mol. The van der Waals surface area contributed by atoms with E-state index in [4.69, 9.17) is 11.0 Å². The quantitative estimate of drug-likeness (QED) is 0.785. The van der Waals surface area contributed by atoms with Gasteiger partial charge in [-0.05, 0) is 25.3 Å². The molecular weight excluding hydrogens is 202 g/mol. The van der Waals surface area contributed by atoms with Crippen LogP contribution in [-0.4, -0.2) is 22.6 Å². The summed E-state index contributed by atoms with van der Waals surface area (Å²) >= 11 is 0. The summed E-state index contributed by atoms with van der Waals surface area (Å²) in [7, 11) is 0. The molecule has 16 heavy (non-hydrogen) atoms. The number of rotatable bonds is 3. The number of anilines is 1. The zero-order valence-corrected chi connectivity index (χ0v) is 9.06. The van der Waals surface area contributed by atoms with Crippen molar-refractivity contribution in [1.29, 1.82) is 5.26 Å². The lowest BCUT2D eigenvalue weighted by Crippen LogP contribution is -2.29. The molecule has 1 aliphatic carbocycles. The Balaban J connectivity index is 2.00. The van der Waals surface area contributed by atoms with Gasteiger partial charge in [0, 0.05) is 6.04 Å². The van der Waals surface area contributed by atoms with Crippen molar-refractivity contribution in [3.8, 4) is 6.07 Å². The number of hydrogen-bond donors (Lipinski definition) is 2. The smallest absolute Gasteiger partial charge is 0.158 e. The van der Waals surface area contributed by atoms with E-state index in [0.29, 0.717) is 24.2 Å². The third-order valence-electron chi connectivity index (χ3n) is 3.06. The van der Waals surface area contributed by atoms with Crippen LogP contribution in [0.2, 0.25) is 0 Å². The van der Waals surface area contributed by atoms with Gasteiger partial charge in [0.25, 0.3) is 0 Å². The number of nitrogens with zero attached hydrogens (tertiary/aromatic N) is 3. The van der Waals surface area contributed by atoms with E-state index in [0.717, 1.165) is 12.2 Å². The Hall–Kier alpha value is -1.67. The summed E-state index contributed by atoms with van der Waals surface area (Å²) in [6, 6.07) is 2.34. The Morgan fingerprint density at radius 2 is 2.31 bits per heavy atom. The van der Waals surface area contributed by atoms with E-state index in [2.05, 4.69) is 15.3 Å².